The summed E-state index contributed by atoms with van der Waals surface area (Å²) in [5.41, 5.74) is 0.844. The molecule has 3 aromatic rings. The van der Waals surface area contributed by atoms with E-state index < -0.39 is 17.0 Å². The van der Waals surface area contributed by atoms with Crippen molar-refractivity contribution in [3.05, 3.63) is 90.0 Å². The Morgan fingerprint density at radius 2 is 1.76 bits per heavy atom. The number of aliphatic imine (C=N–C) groups is 1. The lowest BCUT2D eigenvalue weighted by molar-refractivity contribution is -0.137. The summed E-state index contributed by atoms with van der Waals surface area (Å²) in [6, 6.07) is 21.3. The Hall–Kier alpha value is -3.79. The van der Waals surface area contributed by atoms with Crippen LogP contribution in [0.4, 0.5) is 24.5 Å². The quantitative estimate of drug-likeness (QED) is 0.204. The third-order valence-electron chi connectivity index (χ3n) is 6.66. The van der Waals surface area contributed by atoms with Crippen LogP contribution in [0.5, 0.6) is 5.75 Å². The predicted molar refractivity (Wildman–Crippen MR) is 161 cm³/mol. The molecule has 6 nitrogen and oxygen atoms in total. The van der Waals surface area contributed by atoms with Crippen molar-refractivity contribution in [2.75, 3.05) is 18.5 Å². The molecule has 1 heterocycles. The third kappa shape index (κ3) is 9.11. The van der Waals surface area contributed by atoms with E-state index in [-0.39, 0.29) is 35.6 Å². The minimum atomic E-state index is -4.51. The van der Waals surface area contributed by atoms with Gasteiger partial charge in [0, 0.05) is 18.7 Å². The van der Waals surface area contributed by atoms with Crippen molar-refractivity contribution in [1.29, 1.82) is 0 Å². The van der Waals surface area contributed by atoms with Gasteiger partial charge >= 0.3 is 6.18 Å². The number of amides is 2. The Morgan fingerprint density at radius 1 is 1.00 bits per heavy atom. The molecule has 3 aromatic carbocycles. The number of benzene rings is 3. The van der Waals surface area contributed by atoms with Gasteiger partial charge in [-0.1, -0.05) is 74.3 Å². The smallest absolute Gasteiger partial charge is 0.416 e. The molecule has 42 heavy (non-hydrogen) atoms. The number of amidine groups is 1. The minimum absolute atomic E-state index is 0.0857. The van der Waals surface area contributed by atoms with E-state index >= 15 is 0 Å². The van der Waals surface area contributed by atoms with Crippen LogP contribution in [0, 0.1) is 0 Å². The predicted octanol–water partition coefficient (Wildman–Crippen LogP) is 7.87. The van der Waals surface area contributed by atoms with Crippen LogP contribution >= 0.6 is 11.8 Å². The highest BCUT2D eigenvalue weighted by Gasteiger charge is 2.39. The molecular formula is C32H34F3N3O3S. The van der Waals surface area contributed by atoms with Gasteiger partial charge in [0.15, 0.2) is 5.17 Å². The van der Waals surface area contributed by atoms with Gasteiger partial charge in [0.1, 0.15) is 11.0 Å². The molecule has 1 fully saturated rings. The standard InChI is InChI=1S/C32H34F3N3O3S/c1-2-3-4-8-20-41-27-16-14-25(15-17-27)36-29(39)22-28-30(40)38(19-18-23-10-6-5-7-11-23)31(42-28)37-26-13-9-12-24(21-26)32(33,34)35/h5-7,9-17,21,28H,2-4,8,18-20,22H2,1H3,(H,36,39). The molecule has 222 valence electrons. The molecule has 0 bridgehead atoms. The van der Waals surface area contributed by atoms with Crippen LogP contribution in [-0.2, 0) is 22.2 Å². The Labute approximate surface area is 248 Å². The second-order valence-electron chi connectivity index (χ2n) is 9.96. The Bertz CT molecular complexity index is 1360. The zero-order valence-electron chi connectivity index (χ0n) is 23.4. The summed E-state index contributed by atoms with van der Waals surface area (Å²) in [6.45, 7) is 3.08. The number of nitrogens with one attached hydrogen (secondary N) is 1. The van der Waals surface area contributed by atoms with Gasteiger partial charge in [-0.15, -0.1) is 0 Å². The first kappa shape index (κ1) is 31.2. The number of hydrogen-bond donors (Lipinski definition) is 1. The minimum Gasteiger partial charge on any atom is -0.494 e. The van der Waals surface area contributed by atoms with E-state index in [1.807, 2.05) is 30.3 Å². The SMILES string of the molecule is CCCCCCOc1ccc(NC(=O)CC2SC(=Nc3cccc(C(F)(F)F)c3)N(CCc3ccccc3)C2=O)cc1. The average molecular weight is 598 g/mol. The molecule has 1 unspecified atom stereocenters. The Kier molecular flexibility index (Phi) is 11.1. The summed E-state index contributed by atoms with van der Waals surface area (Å²) < 4.78 is 45.5. The summed E-state index contributed by atoms with van der Waals surface area (Å²) in [4.78, 5) is 32.2. The number of hydrogen-bond acceptors (Lipinski definition) is 5. The number of alkyl halides is 3. The molecule has 0 aromatic heterocycles. The highest BCUT2D eigenvalue weighted by Crippen LogP contribution is 2.35. The zero-order chi connectivity index (χ0) is 30.0. The second kappa shape index (κ2) is 14.9. The third-order valence-corrected chi connectivity index (χ3v) is 7.84. The van der Waals surface area contributed by atoms with Crippen molar-refractivity contribution in [3.8, 4) is 5.75 Å². The van der Waals surface area contributed by atoms with Gasteiger partial charge in [0.2, 0.25) is 11.8 Å². The molecule has 1 aliphatic heterocycles. The van der Waals surface area contributed by atoms with Crippen LogP contribution in [0.2, 0.25) is 0 Å². The number of anilines is 1. The van der Waals surface area contributed by atoms with Crippen LogP contribution in [0.3, 0.4) is 0 Å². The summed E-state index contributed by atoms with van der Waals surface area (Å²) in [5.74, 6) is 0.0663. The monoisotopic (exact) mass is 597 g/mol. The van der Waals surface area contributed by atoms with Crippen molar-refractivity contribution in [3.63, 3.8) is 0 Å². The van der Waals surface area contributed by atoms with Crippen molar-refractivity contribution in [2.45, 2.75) is 56.9 Å². The molecule has 0 saturated carbocycles. The van der Waals surface area contributed by atoms with Crippen LogP contribution in [0.25, 0.3) is 0 Å². The lowest BCUT2D eigenvalue weighted by Gasteiger charge is -2.17. The fraction of sp³-hybridized carbons (Fsp3) is 0.344. The van der Waals surface area contributed by atoms with Gasteiger partial charge in [-0.2, -0.15) is 13.2 Å². The van der Waals surface area contributed by atoms with E-state index in [9.17, 15) is 22.8 Å². The Morgan fingerprint density at radius 3 is 2.48 bits per heavy atom. The lowest BCUT2D eigenvalue weighted by Crippen LogP contribution is -2.35. The second-order valence-corrected chi connectivity index (χ2v) is 11.1. The van der Waals surface area contributed by atoms with Gasteiger partial charge in [0.05, 0.1) is 17.9 Å². The number of rotatable bonds is 13. The maximum absolute atomic E-state index is 13.4. The van der Waals surface area contributed by atoms with E-state index in [2.05, 4.69) is 17.2 Å². The molecule has 1 N–H and O–H groups in total. The zero-order valence-corrected chi connectivity index (χ0v) is 24.2. The summed E-state index contributed by atoms with van der Waals surface area (Å²) in [7, 11) is 0. The van der Waals surface area contributed by atoms with Crippen LogP contribution in [0.1, 0.15) is 50.2 Å². The number of unbranched alkanes of at least 4 members (excludes halogenated alkanes) is 3. The van der Waals surface area contributed by atoms with Crippen molar-refractivity contribution in [2.24, 2.45) is 4.99 Å². The van der Waals surface area contributed by atoms with Gasteiger partial charge in [-0.05, 0) is 60.9 Å². The van der Waals surface area contributed by atoms with Crippen molar-refractivity contribution < 1.29 is 27.5 Å². The summed E-state index contributed by atoms with van der Waals surface area (Å²) >= 11 is 1.09. The van der Waals surface area contributed by atoms with E-state index in [1.165, 1.54) is 23.5 Å². The Balaban J connectivity index is 1.42. The molecule has 0 aliphatic carbocycles. The summed E-state index contributed by atoms with van der Waals surface area (Å²) in [6.07, 6.45) is 0.360. The largest absolute Gasteiger partial charge is 0.494 e. The van der Waals surface area contributed by atoms with Crippen molar-refractivity contribution >= 4 is 40.1 Å². The summed E-state index contributed by atoms with van der Waals surface area (Å²) in [5, 5.41) is 2.34. The van der Waals surface area contributed by atoms with E-state index in [4.69, 9.17) is 4.74 Å². The molecule has 10 heteroatoms. The lowest BCUT2D eigenvalue weighted by atomic mass is 10.1. The van der Waals surface area contributed by atoms with Crippen LogP contribution in [-0.4, -0.2) is 40.3 Å². The molecule has 0 spiro atoms. The fourth-order valence-corrected chi connectivity index (χ4v) is 5.60. The first-order chi connectivity index (χ1) is 20.2. The number of thioether (sulfide) groups is 1. The maximum Gasteiger partial charge on any atom is 0.416 e. The van der Waals surface area contributed by atoms with Crippen LogP contribution in [0.15, 0.2) is 83.9 Å². The molecule has 1 saturated heterocycles. The van der Waals surface area contributed by atoms with E-state index in [0.717, 1.165) is 54.5 Å². The van der Waals surface area contributed by atoms with E-state index in [1.54, 1.807) is 24.3 Å². The molecule has 0 radical (unpaired) electrons. The number of ether oxygens (including phenoxy) is 1. The molecule has 4 rings (SSSR count). The maximum atomic E-state index is 13.4. The first-order valence-electron chi connectivity index (χ1n) is 14.0. The van der Waals surface area contributed by atoms with Crippen molar-refractivity contribution in [1.82, 2.24) is 4.90 Å². The molecule has 1 aliphatic rings. The molecular weight excluding hydrogens is 563 g/mol. The van der Waals surface area contributed by atoms with Gasteiger partial charge in [-0.25, -0.2) is 4.99 Å². The normalized spacial score (nSPS) is 16.2. The number of nitrogens with zero attached hydrogens (tertiary/aromatic N) is 2. The van der Waals surface area contributed by atoms with Crippen LogP contribution < -0.4 is 10.1 Å². The molecule has 1 atom stereocenters. The first-order valence-corrected chi connectivity index (χ1v) is 14.9. The number of halogens is 3. The van der Waals surface area contributed by atoms with Gasteiger partial charge in [-0.3, -0.25) is 14.5 Å². The molecule has 2 amide bonds. The fourth-order valence-electron chi connectivity index (χ4n) is 4.41. The van der Waals surface area contributed by atoms with E-state index in [0.29, 0.717) is 18.7 Å². The highest BCUT2D eigenvalue weighted by molar-refractivity contribution is 8.15. The van der Waals surface area contributed by atoms with Gasteiger partial charge in [0.25, 0.3) is 0 Å². The number of carbonyl (C=O) groups is 2. The highest BCUT2D eigenvalue weighted by atomic mass is 32.2. The number of carbonyl (C=O) groups excluding carboxylic acids is 2. The van der Waals surface area contributed by atoms with Gasteiger partial charge < -0.3 is 10.1 Å². The topological polar surface area (TPSA) is 71.0 Å². The average Bonchev–Trinajstić information content (AvgIpc) is 3.25.